The first-order valence-electron chi connectivity index (χ1n) is 8.33. The van der Waals surface area contributed by atoms with Crippen molar-refractivity contribution < 1.29 is 9.59 Å². The molecule has 1 aromatic rings. The molecule has 0 atom stereocenters. The third-order valence-corrected chi connectivity index (χ3v) is 5.68. The molecule has 1 saturated heterocycles. The summed E-state index contributed by atoms with van der Waals surface area (Å²) in [6, 6.07) is 3.99. The Morgan fingerprint density at radius 3 is 2.36 bits per heavy atom. The normalized spacial score (nSPS) is 20.2. The molecule has 1 aliphatic carbocycles. The summed E-state index contributed by atoms with van der Waals surface area (Å²) in [5.41, 5.74) is 0. The van der Waals surface area contributed by atoms with Gasteiger partial charge in [0.2, 0.25) is 11.8 Å². The Morgan fingerprint density at radius 1 is 1.05 bits per heavy atom. The zero-order valence-corrected chi connectivity index (χ0v) is 13.8. The van der Waals surface area contributed by atoms with E-state index in [9.17, 15) is 9.59 Å². The molecule has 22 heavy (non-hydrogen) atoms. The third kappa shape index (κ3) is 3.69. The van der Waals surface area contributed by atoms with E-state index in [0.29, 0.717) is 38.5 Å². The van der Waals surface area contributed by atoms with Gasteiger partial charge in [-0.2, -0.15) is 0 Å². The topological polar surface area (TPSA) is 40.6 Å². The van der Waals surface area contributed by atoms with Crippen LogP contribution in [0.25, 0.3) is 0 Å². The average molecular weight is 320 g/mol. The summed E-state index contributed by atoms with van der Waals surface area (Å²) in [6.45, 7) is 2.77. The van der Waals surface area contributed by atoms with Crippen molar-refractivity contribution >= 4 is 23.2 Å². The fourth-order valence-electron chi connectivity index (χ4n) is 3.46. The van der Waals surface area contributed by atoms with Crippen molar-refractivity contribution in [3.8, 4) is 0 Å². The van der Waals surface area contributed by atoms with E-state index in [4.69, 9.17) is 0 Å². The van der Waals surface area contributed by atoms with Gasteiger partial charge in [0.05, 0.1) is 6.42 Å². The quantitative estimate of drug-likeness (QED) is 0.859. The smallest absolute Gasteiger partial charge is 0.227 e. The molecule has 0 N–H and O–H groups in total. The Hall–Kier alpha value is -1.36. The van der Waals surface area contributed by atoms with Crippen LogP contribution in [0.4, 0.5) is 0 Å². The van der Waals surface area contributed by atoms with Gasteiger partial charge in [0.25, 0.3) is 0 Å². The molecule has 0 aromatic carbocycles. The molecule has 1 aliphatic heterocycles. The minimum Gasteiger partial charge on any atom is -0.339 e. The van der Waals surface area contributed by atoms with Crippen LogP contribution in [-0.4, -0.2) is 47.8 Å². The van der Waals surface area contributed by atoms with Crippen LogP contribution in [0, 0.1) is 5.92 Å². The van der Waals surface area contributed by atoms with Crippen LogP contribution in [0.5, 0.6) is 0 Å². The Kier molecular flexibility index (Phi) is 5.13. The molecule has 0 unspecified atom stereocenters. The molecule has 5 heteroatoms. The molecule has 1 aromatic heterocycles. The second-order valence-corrected chi connectivity index (χ2v) is 7.33. The lowest BCUT2D eigenvalue weighted by molar-refractivity contribution is -0.142. The van der Waals surface area contributed by atoms with Crippen molar-refractivity contribution in [3.05, 3.63) is 22.4 Å². The van der Waals surface area contributed by atoms with Gasteiger partial charge in [-0.3, -0.25) is 9.59 Å². The first-order chi connectivity index (χ1) is 10.7. The van der Waals surface area contributed by atoms with Gasteiger partial charge >= 0.3 is 0 Å². The zero-order valence-electron chi connectivity index (χ0n) is 13.0. The molecule has 2 amide bonds. The summed E-state index contributed by atoms with van der Waals surface area (Å²) in [4.78, 5) is 29.8. The van der Waals surface area contributed by atoms with Gasteiger partial charge in [-0.1, -0.05) is 25.3 Å². The Balaban J connectivity index is 1.47. The maximum atomic E-state index is 12.5. The van der Waals surface area contributed by atoms with E-state index in [-0.39, 0.29) is 11.8 Å². The van der Waals surface area contributed by atoms with Gasteiger partial charge in [0.1, 0.15) is 0 Å². The molecule has 0 radical (unpaired) electrons. The summed E-state index contributed by atoms with van der Waals surface area (Å²) in [7, 11) is 0. The fraction of sp³-hybridized carbons (Fsp3) is 0.647. The molecular formula is C17H24N2O2S. The van der Waals surface area contributed by atoms with Gasteiger partial charge in [-0.15, -0.1) is 11.3 Å². The zero-order chi connectivity index (χ0) is 15.4. The number of amides is 2. The molecule has 0 bridgehead atoms. The predicted molar refractivity (Wildman–Crippen MR) is 87.8 cm³/mol. The van der Waals surface area contributed by atoms with Crippen molar-refractivity contribution in [1.82, 2.24) is 9.80 Å². The number of rotatable bonds is 3. The highest BCUT2D eigenvalue weighted by molar-refractivity contribution is 7.10. The van der Waals surface area contributed by atoms with Crippen LogP contribution in [0.15, 0.2) is 17.5 Å². The van der Waals surface area contributed by atoms with Crippen LogP contribution in [0.3, 0.4) is 0 Å². The van der Waals surface area contributed by atoms with E-state index >= 15 is 0 Å². The molecule has 0 spiro atoms. The van der Waals surface area contributed by atoms with Gasteiger partial charge in [0.15, 0.2) is 0 Å². The van der Waals surface area contributed by atoms with Crippen LogP contribution in [0.2, 0.25) is 0 Å². The molecule has 3 rings (SSSR count). The number of hydrogen-bond donors (Lipinski definition) is 0. The first kappa shape index (κ1) is 15.5. The minimum atomic E-state index is 0.187. The Morgan fingerprint density at radius 2 is 1.73 bits per heavy atom. The van der Waals surface area contributed by atoms with E-state index in [2.05, 4.69) is 0 Å². The lowest BCUT2D eigenvalue weighted by Crippen LogP contribution is -2.52. The second-order valence-electron chi connectivity index (χ2n) is 6.30. The van der Waals surface area contributed by atoms with Crippen molar-refractivity contribution in [2.24, 2.45) is 5.92 Å². The highest BCUT2D eigenvalue weighted by atomic mass is 32.1. The maximum Gasteiger partial charge on any atom is 0.227 e. The predicted octanol–water partition coefficient (Wildman–Crippen LogP) is 2.54. The third-order valence-electron chi connectivity index (χ3n) is 4.80. The van der Waals surface area contributed by atoms with E-state index in [1.165, 1.54) is 19.3 Å². The number of carbonyl (C=O) groups is 2. The van der Waals surface area contributed by atoms with Crippen molar-refractivity contribution in [3.63, 3.8) is 0 Å². The van der Waals surface area contributed by atoms with E-state index < -0.39 is 0 Å². The fourth-order valence-corrected chi connectivity index (χ4v) is 4.15. The van der Waals surface area contributed by atoms with Gasteiger partial charge < -0.3 is 9.80 Å². The molecule has 2 heterocycles. The first-order valence-corrected chi connectivity index (χ1v) is 9.21. The second kappa shape index (κ2) is 7.27. The molecule has 4 nitrogen and oxygen atoms in total. The molecule has 2 fully saturated rings. The van der Waals surface area contributed by atoms with Crippen LogP contribution in [-0.2, 0) is 16.0 Å². The summed E-state index contributed by atoms with van der Waals surface area (Å²) in [5, 5.41) is 2.00. The SMILES string of the molecule is O=C(Cc1cccs1)N1CCN(C(=O)C2CCCCC2)CC1. The number of carbonyl (C=O) groups excluding carboxylic acids is 2. The lowest BCUT2D eigenvalue weighted by atomic mass is 9.88. The number of nitrogens with zero attached hydrogens (tertiary/aromatic N) is 2. The number of hydrogen-bond acceptors (Lipinski definition) is 3. The standard InChI is InChI=1S/C17H24N2O2S/c20-16(13-15-7-4-12-22-15)18-8-10-19(11-9-18)17(21)14-5-2-1-3-6-14/h4,7,12,14H,1-3,5-6,8-11,13H2. The van der Waals surface area contributed by atoms with Crippen molar-refractivity contribution in [1.29, 1.82) is 0 Å². The summed E-state index contributed by atoms with van der Waals surface area (Å²) in [5.74, 6) is 0.749. The maximum absolute atomic E-state index is 12.5. The van der Waals surface area contributed by atoms with E-state index in [0.717, 1.165) is 17.7 Å². The summed E-state index contributed by atoms with van der Waals surface area (Å²) >= 11 is 1.63. The van der Waals surface area contributed by atoms with Gasteiger partial charge in [0, 0.05) is 37.0 Å². The Labute approximate surface area is 136 Å². The average Bonchev–Trinajstić information content (AvgIpc) is 3.08. The van der Waals surface area contributed by atoms with Gasteiger partial charge in [-0.25, -0.2) is 0 Å². The Bertz CT molecular complexity index is 501. The van der Waals surface area contributed by atoms with Gasteiger partial charge in [-0.05, 0) is 24.3 Å². The highest BCUT2D eigenvalue weighted by Crippen LogP contribution is 2.25. The van der Waals surface area contributed by atoms with E-state index in [1.807, 2.05) is 27.3 Å². The minimum absolute atomic E-state index is 0.187. The van der Waals surface area contributed by atoms with E-state index in [1.54, 1.807) is 11.3 Å². The summed E-state index contributed by atoms with van der Waals surface area (Å²) < 4.78 is 0. The van der Waals surface area contributed by atoms with Crippen LogP contribution < -0.4 is 0 Å². The lowest BCUT2D eigenvalue weighted by Gasteiger charge is -2.37. The van der Waals surface area contributed by atoms with Crippen molar-refractivity contribution in [2.45, 2.75) is 38.5 Å². The molecule has 1 saturated carbocycles. The monoisotopic (exact) mass is 320 g/mol. The summed E-state index contributed by atoms with van der Waals surface area (Å²) in [6.07, 6.45) is 6.25. The number of piperazine rings is 1. The van der Waals surface area contributed by atoms with Crippen molar-refractivity contribution in [2.75, 3.05) is 26.2 Å². The molecular weight excluding hydrogens is 296 g/mol. The molecule has 2 aliphatic rings. The van der Waals surface area contributed by atoms with Crippen LogP contribution >= 0.6 is 11.3 Å². The highest BCUT2D eigenvalue weighted by Gasteiger charge is 2.29. The largest absolute Gasteiger partial charge is 0.339 e. The number of thiophene rings is 1. The van der Waals surface area contributed by atoms with Crippen LogP contribution in [0.1, 0.15) is 37.0 Å². The molecule has 120 valence electrons.